The average molecular weight is 179 g/mol. The van der Waals surface area contributed by atoms with E-state index in [0.29, 0.717) is 13.0 Å². The first-order chi connectivity index (χ1) is 6.27. The van der Waals surface area contributed by atoms with Crippen LogP contribution in [0.25, 0.3) is 0 Å². The molecule has 0 aromatic heterocycles. The summed E-state index contributed by atoms with van der Waals surface area (Å²) in [6, 6.07) is 8.04. The van der Waals surface area contributed by atoms with E-state index < -0.39 is 6.10 Å². The average Bonchev–Trinajstić information content (AvgIpc) is 2.18. The van der Waals surface area contributed by atoms with Crippen LogP contribution >= 0.6 is 0 Å². The Morgan fingerprint density at radius 3 is 2.38 bits per heavy atom. The van der Waals surface area contributed by atoms with Crippen LogP contribution in [0.15, 0.2) is 24.3 Å². The molecule has 0 aliphatic heterocycles. The number of hydrogen-bond donors (Lipinski definition) is 2. The standard InChI is InChI=1S/C11H17NO/c1-2-9-3-5-10(6-4-9)11(13)7-8-12/h3-6,11,13H,2,7-8,12H2,1H3. The summed E-state index contributed by atoms with van der Waals surface area (Å²) >= 11 is 0. The van der Waals surface area contributed by atoms with Crippen molar-refractivity contribution in [3.05, 3.63) is 35.4 Å². The topological polar surface area (TPSA) is 46.2 Å². The third-order valence-corrected chi connectivity index (χ3v) is 2.21. The van der Waals surface area contributed by atoms with Crippen LogP contribution in [0.5, 0.6) is 0 Å². The van der Waals surface area contributed by atoms with Gasteiger partial charge >= 0.3 is 0 Å². The maximum absolute atomic E-state index is 9.60. The molecular weight excluding hydrogens is 162 g/mol. The molecule has 0 fully saturated rings. The molecule has 1 unspecified atom stereocenters. The number of benzene rings is 1. The van der Waals surface area contributed by atoms with Crippen LogP contribution in [0.2, 0.25) is 0 Å². The molecule has 0 spiro atoms. The minimum absolute atomic E-state index is 0.407. The summed E-state index contributed by atoms with van der Waals surface area (Å²) in [5, 5.41) is 9.60. The van der Waals surface area contributed by atoms with Gasteiger partial charge in [0, 0.05) is 0 Å². The maximum Gasteiger partial charge on any atom is 0.0802 e. The summed E-state index contributed by atoms with van der Waals surface area (Å²) in [6.07, 6.45) is 1.26. The lowest BCUT2D eigenvalue weighted by Gasteiger charge is -2.09. The normalized spacial score (nSPS) is 12.8. The number of aliphatic hydroxyl groups is 1. The summed E-state index contributed by atoms with van der Waals surface area (Å²) < 4.78 is 0. The molecule has 0 amide bonds. The monoisotopic (exact) mass is 179 g/mol. The predicted octanol–water partition coefficient (Wildman–Crippen LogP) is 1.63. The van der Waals surface area contributed by atoms with Crippen LogP contribution in [0.4, 0.5) is 0 Å². The highest BCUT2D eigenvalue weighted by Crippen LogP contribution is 2.16. The van der Waals surface area contributed by atoms with E-state index in [9.17, 15) is 5.11 Å². The Hall–Kier alpha value is -0.860. The van der Waals surface area contributed by atoms with E-state index in [-0.39, 0.29) is 0 Å². The van der Waals surface area contributed by atoms with E-state index in [2.05, 4.69) is 19.1 Å². The Kier molecular flexibility index (Phi) is 3.93. The van der Waals surface area contributed by atoms with Crippen molar-refractivity contribution in [1.29, 1.82) is 0 Å². The zero-order valence-electron chi connectivity index (χ0n) is 8.03. The molecule has 2 nitrogen and oxygen atoms in total. The van der Waals surface area contributed by atoms with E-state index in [4.69, 9.17) is 5.73 Å². The number of aryl methyl sites for hydroxylation is 1. The number of rotatable bonds is 4. The Bertz CT molecular complexity index is 243. The molecule has 1 aromatic carbocycles. The van der Waals surface area contributed by atoms with Gasteiger partial charge in [0.2, 0.25) is 0 Å². The van der Waals surface area contributed by atoms with Crippen molar-refractivity contribution in [3.63, 3.8) is 0 Å². The first-order valence-corrected chi connectivity index (χ1v) is 4.75. The lowest BCUT2D eigenvalue weighted by atomic mass is 10.0. The van der Waals surface area contributed by atoms with Crippen LogP contribution in [0, 0.1) is 0 Å². The highest BCUT2D eigenvalue weighted by molar-refractivity contribution is 5.24. The molecule has 1 aromatic rings. The maximum atomic E-state index is 9.60. The van der Waals surface area contributed by atoms with Gasteiger partial charge in [-0.1, -0.05) is 31.2 Å². The molecule has 0 aliphatic rings. The van der Waals surface area contributed by atoms with Gasteiger partial charge in [-0.25, -0.2) is 0 Å². The van der Waals surface area contributed by atoms with Crippen LogP contribution in [-0.4, -0.2) is 11.7 Å². The second kappa shape index (κ2) is 5.00. The molecule has 0 heterocycles. The van der Waals surface area contributed by atoms with Crippen LogP contribution in [0.1, 0.15) is 30.6 Å². The number of nitrogens with two attached hydrogens (primary N) is 1. The lowest BCUT2D eigenvalue weighted by Crippen LogP contribution is -2.06. The molecule has 3 N–H and O–H groups in total. The Morgan fingerprint density at radius 1 is 1.31 bits per heavy atom. The van der Waals surface area contributed by atoms with Gasteiger partial charge in [-0.2, -0.15) is 0 Å². The molecule has 1 atom stereocenters. The van der Waals surface area contributed by atoms with Crippen molar-refractivity contribution in [3.8, 4) is 0 Å². The van der Waals surface area contributed by atoms with E-state index in [0.717, 1.165) is 12.0 Å². The van der Waals surface area contributed by atoms with E-state index in [1.807, 2.05) is 12.1 Å². The molecule has 0 radical (unpaired) electrons. The Labute approximate surface area is 79.4 Å². The second-order valence-electron chi connectivity index (χ2n) is 3.19. The minimum atomic E-state index is -0.407. The van der Waals surface area contributed by atoms with Gasteiger partial charge < -0.3 is 10.8 Å². The molecule has 72 valence electrons. The fraction of sp³-hybridized carbons (Fsp3) is 0.455. The van der Waals surface area contributed by atoms with E-state index >= 15 is 0 Å². The summed E-state index contributed by atoms with van der Waals surface area (Å²) in [5.41, 5.74) is 7.62. The Balaban J connectivity index is 2.67. The third kappa shape index (κ3) is 2.83. The highest BCUT2D eigenvalue weighted by atomic mass is 16.3. The van der Waals surface area contributed by atoms with E-state index in [1.165, 1.54) is 5.56 Å². The van der Waals surface area contributed by atoms with Gasteiger partial charge in [-0.05, 0) is 30.5 Å². The van der Waals surface area contributed by atoms with Crippen LogP contribution in [0.3, 0.4) is 0 Å². The van der Waals surface area contributed by atoms with Crippen molar-refractivity contribution < 1.29 is 5.11 Å². The predicted molar refractivity (Wildman–Crippen MR) is 54.5 cm³/mol. The molecule has 0 aliphatic carbocycles. The zero-order valence-corrected chi connectivity index (χ0v) is 8.03. The fourth-order valence-corrected chi connectivity index (χ4v) is 1.30. The SMILES string of the molecule is CCc1ccc(C(O)CCN)cc1. The fourth-order valence-electron chi connectivity index (χ4n) is 1.30. The smallest absolute Gasteiger partial charge is 0.0802 e. The summed E-state index contributed by atoms with van der Waals surface area (Å²) in [7, 11) is 0. The summed E-state index contributed by atoms with van der Waals surface area (Å²) in [5.74, 6) is 0. The molecule has 2 heteroatoms. The molecule has 0 saturated carbocycles. The van der Waals surface area contributed by atoms with Crippen molar-refractivity contribution >= 4 is 0 Å². The van der Waals surface area contributed by atoms with Crippen LogP contribution in [-0.2, 0) is 6.42 Å². The minimum Gasteiger partial charge on any atom is -0.388 e. The third-order valence-electron chi connectivity index (χ3n) is 2.21. The molecule has 0 saturated heterocycles. The van der Waals surface area contributed by atoms with E-state index in [1.54, 1.807) is 0 Å². The van der Waals surface area contributed by atoms with Crippen molar-refractivity contribution in [2.45, 2.75) is 25.9 Å². The van der Waals surface area contributed by atoms with Gasteiger partial charge in [0.15, 0.2) is 0 Å². The van der Waals surface area contributed by atoms with Gasteiger partial charge in [0.1, 0.15) is 0 Å². The summed E-state index contributed by atoms with van der Waals surface area (Å²) in [6.45, 7) is 2.64. The quantitative estimate of drug-likeness (QED) is 0.738. The van der Waals surface area contributed by atoms with Crippen molar-refractivity contribution in [2.75, 3.05) is 6.54 Å². The van der Waals surface area contributed by atoms with Gasteiger partial charge in [-0.3, -0.25) is 0 Å². The van der Waals surface area contributed by atoms with Crippen molar-refractivity contribution in [2.24, 2.45) is 5.73 Å². The molecule has 1 rings (SSSR count). The zero-order chi connectivity index (χ0) is 9.68. The molecule has 13 heavy (non-hydrogen) atoms. The molecular formula is C11H17NO. The van der Waals surface area contributed by atoms with Gasteiger partial charge in [0.05, 0.1) is 6.10 Å². The number of aliphatic hydroxyl groups excluding tert-OH is 1. The Morgan fingerprint density at radius 2 is 1.92 bits per heavy atom. The lowest BCUT2D eigenvalue weighted by molar-refractivity contribution is 0.170. The van der Waals surface area contributed by atoms with Crippen molar-refractivity contribution in [1.82, 2.24) is 0 Å². The van der Waals surface area contributed by atoms with Gasteiger partial charge in [0.25, 0.3) is 0 Å². The first kappa shape index (κ1) is 10.2. The highest BCUT2D eigenvalue weighted by Gasteiger charge is 2.04. The van der Waals surface area contributed by atoms with Crippen LogP contribution < -0.4 is 5.73 Å². The second-order valence-corrected chi connectivity index (χ2v) is 3.19. The molecule has 0 bridgehead atoms. The number of hydrogen-bond acceptors (Lipinski definition) is 2. The van der Waals surface area contributed by atoms with Gasteiger partial charge in [-0.15, -0.1) is 0 Å². The first-order valence-electron chi connectivity index (χ1n) is 4.75. The largest absolute Gasteiger partial charge is 0.388 e. The summed E-state index contributed by atoms with van der Waals surface area (Å²) in [4.78, 5) is 0.